The summed E-state index contributed by atoms with van der Waals surface area (Å²) >= 11 is 4.56. The number of aliphatic imine (C=N–C) groups is 1. The van der Waals surface area contributed by atoms with Crippen LogP contribution >= 0.6 is 12.2 Å². The Morgan fingerprint density at radius 1 is 1.08 bits per heavy atom. The van der Waals surface area contributed by atoms with Gasteiger partial charge in [0.1, 0.15) is 5.75 Å². The fourth-order valence-corrected chi connectivity index (χ4v) is 4.17. The molecule has 3 rings (SSSR count). The van der Waals surface area contributed by atoms with Crippen molar-refractivity contribution in [2.45, 2.75) is 29.8 Å². The first-order valence-electron chi connectivity index (χ1n) is 7.85. The van der Waals surface area contributed by atoms with Crippen molar-refractivity contribution in [3.05, 3.63) is 48.5 Å². The van der Waals surface area contributed by atoms with Gasteiger partial charge in [-0.05, 0) is 60.5 Å². The third kappa shape index (κ3) is 4.14. The summed E-state index contributed by atoms with van der Waals surface area (Å²) in [4.78, 5) is 4.22. The van der Waals surface area contributed by atoms with Gasteiger partial charge in [0.2, 0.25) is 10.0 Å². The molecule has 1 saturated carbocycles. The van der Waals surface area contributed by atoms with Gasteiger partial charge < -0.3 is 4.74 Å². The number of methoxy groups -OCH3 is 1. The predicted molar refractivity (Wildman–Crippen MR) is 101 cm³/mol. The SMILES string of the molecule is COc1ccc(-c2ccc(S(=O)(=O)NC3CC(N=C=S)C3)cc2)cc1. The fourth-order valence-electron chi connectivity index (χ4n) is 2.76. The lowest BCUT2D eigenvalue weighted by Crippen LogP contribution is -2.46. The number of hydrogen-bond donors (Lipinski definition) is 1. The van der Waals surface area contributed by atoms with Crippen molar-refractivity contribution in [1.82, 2.24) is 4.72 Å². The maximum absolute atomic E-state index is 12.4. The van der Waals surface area contributed by atoms with E-state index >= 15 is 0 Å². The number of benzene rings is 2. The quantitative estimate of drug-likeness (QED) is 0.622. The number of hydrogen-bond acceptors (Lipinski definition) is 5. The van der Waals surface area contributed by atoms with Crippen LogP contribution in [-0.2, 0) is 10.0 Å². The number of nitrogens with one attached hydrogen (secondary N) is 1. The van der Waals surface area contributed by atoms with Crippen molar-refractivity contribution < 1.29 is 13.2 Å². The lowest BCUT2D eigenvalue weighted by atomic mass is 9.88. The summed E-state index contributed by atoms with van der Waals surface area (Å²) in [6.45, 7) is 0. The number of isothiocyanates is 1. The predicted octanol–water partition coefficient (Wildman–Crippen LogP) is 3.27. The van der Waals surface area contributed by atoms with Crippen LogP contribution < -0.4 is 9.46 Å². The fraction of sp³-hybridized carbons (Fsp3) is 0.278. The molecule has 130 valence electrons. The van der Waals surface area contributed by atoms with Crippen LogP contribution in [-0.4, -0.2) is 32.8 Å². The van der Waals surface area contributed by atoms with Gasteiger partial charge in [-0.3, -0.25) is 0 Å². The first-order valence-corrected chi connectivity index (χ1v) is 9.75. The molecule has 0 amide bonds. The van der Waals surface area contributed by atoms with Crippen LogP contribution in [0.25, 0.3) is 11.1 Å². The van der Waals surface area contributed by atoms with Gasteiger partial charge in [-0.25, -0.2) is 18.1 Å². The Morgan fingerprint density at radius 3 is 2.16 bits per heavy atom. The van der Waals surface area contributed by atoms with Crippen LogP contribution in [0.1, 0.15) is 12.8 Å². The molecule has 1 aliphatic rings. The summed E-state index contributed by atoms with van der Waals surface area (Å²) in [5, 5.41) is 2.34. The monoisotopic (exact) mass is 374 g/mol. The second kappa shape index (κ2) is 7.45. The highest BCUT2D eigenvalue weighted by Gasteiger charge is 2.32. The molecule has 5 nitrogen and oxygen atoms in total. The zero-order valence-electron chi connectivity index (χ0n) is 13.7. The van der Waals surface area contributed by atoms with Crippen LogP contribution in [0.5, 0.6) is 5.75 Å². The molecule has 25 heavy (non-hydrogen) atoms. The molecule has 2 aromatic carbocycles. The topological polar surface area (TPSA) is 67.8 Å². The van der Waals surface area contributed by atoms with E-state index in [2.05, 4.69) is 27.1 Å². The number of ether oxygens (including phenoxy) is 1. The molecule has 7 heteroatoms. The highest BCUT2D eigenvalue weighted by molar-refractivity contribution is 7.89. The molecule has 0 aliphatic heterocycles. The van der Waals surface area contributed by atoms with E-state index < -0.39 is 10.0 Å². The van der Waals surface area contributed by atoms with E-state index in [1.165, 1.54) is 0 Å². The number of thiocarbonyl (C=S) groups is 1. The number of rotatable bonds is 6. The van der Waals surface area contributed by atoms with Gasteiger partial charge in [-0.2, -0.15) is 0 Å². The second-order valence-corrected chi connectivity index (χ2v) is 7.81. The van der Waals surface area contributed by atoms with Gasteiger partial charge in [0.15, 0.2) is 0 Å². The molecule has 1 aliphatic carbocycles. The van der Waals surface area contributed by atoms with E-state index in [1.807, 2.05) is 24.3 Å². The van der Waals surface area contributed by atoms with Crippen molar-refractivity contribution >= 4 is 27.4 Å². The van der Waals surface area contributed by atoms with E-state index in [4.69, 9.17) is 4.74 Å². The normalized spacial score (nSPS) is 19.6. The molecule has 1 N–H and O–H groups in total. The smallest absolute Gasteiger partial charge is 0.240 e. The summed E-state index contributed by atoms with van der Waals surface area (Å²) in [6, 6.07) is 14.4. The first-order chi connectivity index (χ1) is 12.0. The maximum atomic E-state index is 12.4. The van der Waals surface area contributed by atoms with E-state index in [0.29, 0.717) is 12.8 Å². The Balaban J connectivity index is 1.69. The largest absolute Gasteiger partial charge is 0.497 e. The molecule has 0 bridgehead atoms. The molecule has 0 heterocycles. The van der Waals surface area contributed by atoms with Crippen molar-refractivity contribution in [2.75, 3.05) is 7.11 Å². The van der Waals surface area contributed by atoms with Gasteiger partial charge in [0.25, 0.3) is 0 Å². The van der Waals surface area contributed by atoms with Gasteiger partial charge in [0.05, 0.1) is 23.2 Å². The van der Waals surface area contributed by atoms with E-state index in [0.717, 1.165) is 16.9 Å². The Morgan fingerprint density at radius 2 is 1.64 bits per heavy atom. The van der Waals surface area contributed by atoms with Crippen LogP contribution in [0.2, 0.25) is 0 Å². The second-order valence-electron chi connectivity index (χ2n) is 5.92. The lowest BCUT2D eigenvalue weighted by Gasteiger charge is -2.31. The average molecular weight is 374 g/mol. The molecular weight excluding hydrogens is 356 g/mol. The minimum absolute atomic E-state index is 0.0858. The van der Waals surface area contributed by atoms with Crippen molar-refractivity contribution in [2.24, 2.45) is 4.99 Å². The zero-order chi connectivity index (χ0) is 17.9. The summed E-state index contributed by atoms with van der Waals surface area (Å²) in [6.07, 6.45) is 1.32. The standard InChI is InChI=1S/C18H18N2O3S2/c1-23-17-6-2-13(3-7-17)14-4-8-18(9-5-14)25(21,22)20-16-10-15(11-16)19-12-24/h2-9,15-16,20H,10-11H2,1H3. The van der Waals surface area contributed by atoms with Gasteiger partial charge in [0, 0.05) is 6.04 Å². The zero-order valence-corrected chi connectivity index (χ0v) is 15.3. The summed E-state index contributed by atoms with van der Waals surface area (Å²) in [5.41, 5.74) is 1.94. The summed E-state index contributed by atoms with van der Waals surface area (Å²) in [7, 11) is -1.91. The minimum atomic E-state index is -3.53. The van der Waals surface area contributed by atoms with E-state index in [-0.39, 0.29) is 17.0 Å². The molecule has 0 aromatic heterocycles. The Kier molecular flexibility index (Phi) is 5.30. The Bertz CT molecular complexity index is 881. The molecule has 0 saturated heterocycles. The van der Waals surface area contributed by atoms with Crippen molar-refractivity contribution in [1.29, 1.82) is 0 Å². The van der Waals surface area contributed by atoms with Gasteiger partial charge >= 0.3 is 0 Å². The first kappa shape index (κ1) is 17.8. The maximum Gasteiger partial charge on any atom is 0.240 e. The molecule has 0 atom stereocenters. The molecule has 0 radical (unpaired) electrons. The average Bonchev–Trinajstić information content (AvgIpc) is 2.60. The third-order valence-corrected chi connectivity index (χ3v) is 5.90. The van der Waals surface area contributed by atoms with Crippen molar-refractivity contribution in [3.8, 4) is 16.9 Å². The Hall–Kier alpha value is -2.05. The minimum Gasteiger partial charge on any atom is -0.497 e. The molecule has 0 unspecified atom stereocenters. The molecule has 1 fully saturated rings. The van der Waals surface area contributed by atoms with Crippen LogP contribution in [0.15, 0.2) is 58.4 Å². The van der Waals surface area contributed by atoms with Gasteiger partial charge in [-0.1, -0.05) is 24.3 Å². The van der Waals surface area contributed by atoms with Gasteiger partial charge in [-0.15, -0.1) is 0 Å². The van der Waals surface area contributed by atoms with E-state index in [1.54, 1.807) is 31.4 Å². The highest BCUT2D eigenvalue weighted by Crippen LogP contribution is 2.26. The van der Waals surface area contributed by atoms with Crippen LogP contribution in [0, 0.1) is 0 Å². The number of sulfonamides is 1. The summed E-state index contributed by atoms with van der Waals surface area (Å²) < 4.78 is 32.7. The molecule has 2 aromatic rings. The summed E-state index contributed by atoms with van der Waals surface area (Å²) in [5.74, 6) is 0.781. The molecular formula is C18H18N2O3S2. The number of nitrogens with zero attached hydrogens (tertiary/aromatic N) is 1. The van der Waals surface area contributed by atoms with Crippen LogP contribution in [0.4, 0.5) is 0 Å². The molecule has 0 spiro atoms. The van der Waals surface area contributed by atoms with Crippen LogP contribution in [0.3, 0.4) is 0 Å². The third-order valence-electron chi connectivity index (χ3n) is 4.26. The highest BCUT2D eigenvalue weighted by atomic mass is 32.2. The van der Waals surface area contributed by atoms with E-state index in [9.17, 15) is 8.42 Å². The van der Waals surface area contributed by atoms with Crippen molar-refractivity contribution in [3.63, 3.8) is 0 Å². The lowest BCUT2D eigenvalue weighted by molar-refractivity contribution is 0.330. The Labute approximate surface area is 152 Å².